The van der Waals surface area contributed by atoms with Crippen LogP contribution >= 0.6 is 11.6 Å². The standard InChI is InChI=1S/C26H30ClN7O2/c1-4-5-11-22-28-24(25(27)29-22)21(36-23(35)16-34(2)3)15-17-12-13-19(18-9-7-6-8-10-18)20(14-17)26-30-32-33-31-26/h6-10,12-14,21H,4-5,11,15-16H2,1-3H3,(H,28,29)(H,30,31,32,33). The number of halogens is 1. The number of nitrogens with zero attached hydrogens (tertiary/aromatic N) is 5. The van der Waals surface area contributed by atoms with Crippen LogP contribution in [0.1, 0.15) is 43.0 Å². The Balaban J connectivity index is 1.69. The maximum atomic E-state index is 12.6. The summed E-state index contributed by atoms with van der Waals surface area (Å²) in [5.74, 6) is 0.931. The molecule has 2 aromatic heterocycles. The molecule has 0 aliphatic carbocycles. The first-order valence-corrected chi connectivity index (χ1v) is 12.3. The smallest absolute Gasteiger partial charge is 0.320 e. The highest BCUT2D eigenvalue weighted by Crippen LogP contribution is 2.33. The number of aromatic amines is 2. The largest absolute Gasteiger partial charge is 0.454 e. The van der Waals surface area contributed by atoms with E-state index in [2.05, 4.69) is 37.5 Å². The van der Waals surface area contributed by atoms with E-state index in [1.165, 1.54) is 0 Å². The fourth-order valence-corrected chi connectivity index (χ4v) is 4.28. The minimum absolute atomic E-state index is 0.159. The Kier molecular flexibility index (Phi) is 8.45. The second-order valence-electron chi connectivity index (χ2n) is 8.89. The van der Waals surface area contributed by atoms with Gasteiger partial charge >= 0.3 is 5.97 Å². The van der Waals surface area contributed by atoms with Gasteiger partial charge in [-0.15, -0.1) is 10.2 Å². The minimum Gasteiger partial charge on any atom is -0.454 e. The molecule has 0 amide bonds. The van der Waals surface area contributed by atoms with Crippen LogP contribution in [0.25, 0.3) is 22.5 Å². The second kappa shape index (κ2) is 11.9. The molecule has 36 heavy (non-hydrogen) atoms. The highest BCUT2D eigenvalue weighted by atomic mass is 35.5. The molecule has 0 spiro atoms. The van der Waals surface area contributed by atoms with E-state index >= 15 is 0 Å². The lowest BCUT2D eigenvalue weighted by Crippen LogP contribution is -2.26. The van der Waals surface area contributed by atoms with Crippen molar-refractivity contribution >= 4 is 17.6 Å². The SMILES string of the molecule is CCCCc1nc(Cl)c(C(Cc2ccc(-c3ccccc3)c(-c3nn[nH]n3)c2)OC(=O)CN(C)C)[nH]1. The molecule has 2 aromatic carbocycles. The summed E-state index contributed by atoms with van der Waals surface area (Å²) in [5, 5.41) is 15.0. The topological polar surface area (TPSA) is 113 Å². The Morgan fingerprint density at radius 2 is 1.94 bits per heavy atom. The number of tetrazole rings is 1. The summed E-state index contributed by atoms with van der Waals surface area (Å²) in [6.45, 7) is 2.28. The normalized spacial score (nSPS) is 12.1. The lowest BCUT2D eigenvalue weighted by molar-refractivity contribution is -0.150. The van der Waals surface area contributed by atoms with Crippen molar-refractivity contribution in [2.45, 2.75) is 38.7 Å². The van der Waals surface area contributed by atoms with E-state index in [1.807, 2.05) is 62.6 Å². The number of aryl methyl sites for hydroxylation is 1. The molecule has 0 bridgehead atoms. The molecule has 188 valence electrons. The molecule has 1 atom stereocenters. The van der Waals surface area contributed by atoms with E-state index in [9.17, 15) is 4.79 Å². The van der Waals surface area contributed by atoms with Crippen LogP contribution in [0.4, 0.5) is 0 Å². The highest BCUT2D eigenvalue weighted by molar-refractivity contribution is 6.30. The highest BCUT2D eigenvalue weighted by Gasteiger charge is 2.25. The first-order chi connectivity index (χ1) is 17.4. The van der Waals surface area contributed by atoms with Crippen LogP contribution in [0.15, 0.2) is 48.5 Å². The van der Waals surface area contributed by atoms with Crippen molar-refractivity contribution in [2.24, 2.45) is 0 Å². The number of ether oxygens (including phenoxy) is 1. The van der Waals surface area contributed by atoms with Crippen molar-refractivity contribution in [2.75, 3.05) is 20.6 Å². The Labute approximate surface area is 215 Å². The summed E-state index contributed by atoms with van der Waals surface area (Å²) in [5.41, 5.74) is 4.37. The number of nitrogens with one attached hydrogen (secondary N) is 2. The Hall–Kier alpha value is -3.56. The van der Waals surface area contributed by atoms with Crippen LogP contribution < -0.4 is 0 Å². The fraction of sp³-hybridized carbons (Fsp3) is 0.346. The second-order valence-corrected chi connectivity index (χ2v) is 9.25. The number of rotatable bonds is 11. The van der Waals surface area contributed by atoms with Gasteiger partial charge in [-0.2, -0.15) is 5.21 Å². The molecular formula is C26H30ClN7O2. The molecule has 4 aromatic rings. The lowest BCUT2D eigenvalue weighted by atomic mass is 9.95. The zero-order valence-electron chi connectivity index (χ0n) is 20.7. The Bertz CT molecular complexity index is 1270. The molecule has 4 rings (SSSR count). The number of unbranched alkanes of at least 4 members (excludes halogenated alkanes) is 1. The molecule has 0 aliphatic rings. The molecule has 2 N–H and O–H groups in total. The number of benzene rings is 2. The maximum absolute atomic E-state index is 12.6. The first kappa shape index (κ1) is 25.5. The van der Waals surface area contributed by atoms with Gasteiger partial charge < -0.3 is 9.72 Å². The van der Waals surface area contributed by atoms with Crippen LogP contribution in [-0.4, -0.2) is 62.1 Å². The predicted molar refractivity (Wildman–Crippen MR) is 138 cm³/mol. The molecule has 0 radical (unpaired) electrons. The van der Waals surface area contributed by atoms with Gasteiger partial charge in [-0.1, -0.05) is 67.4 Å². The van der Waals surface area contributed by atoms with Gasteiger partial charge in [-0.3, -0.25) is 9.69 Å². The Morgan fingerprint density at radius 3 is 2.64 bits per heavy atom. The van der Waals surface area contributed by atoms with Gasteiger partial charge in [0.15, 0.2) is 5.15 Å². The third-order valence-corrected chi connectivity index (χ3v) is 6.01. The van der Waals surface area contributed by atoms with Crippen LogP contribution in [-0.2, 0) is 22.4 Å². The maximum Gasteiger partial charge on any atom is 0.320 e. The average Bonchev–Trinajstić information content (AvgIpc) is 3.52. The quantitative estimate of drug-likeness (QED) is 0.284. The number of carbonyl (C=O) groups excluding carboxylic acids is 1. The van der Waals surface area contributed by atoms with Crippen molar-refractivity contribution in [3.8, 4) is 22.5 Å². The number of aromatic nitrogens is 6. The van der Waals surface area contributed by atoms with Crippen molar-refractivity contribution < 1.29 is 9.53 Å². The summed E-state index contributed by atoms with van der Waals surface area (Å²) in [6.07, 6.45) is 2.58. The van der Waals surface area contributed by atoms with Crippen LogP contribution in [0.2, 0.25) is 5.15 Å². The van der Waals surface area contributed by atoms with E-state index in [0.29, 0.717) is 23.1 Å². The van der Waals surface area contributed by atoms with Gasteiger partial charge in [0.05, 0.1) is 12.2 Å². The molecule has 0 saturated heterocycles. The molecule has 0 saturated carbocycles. The number of H-pyrrole nitrogens is 2. The minimum atomic E-state index is -0.631. The third kappa shape index (κ3) is 6.35. The van der Waals surface area contributed by atoms with Gasteiger partial charge in [-0.05, 0) is 48.5 Å². The molecule has 0 fully saturated rings. The summed E-state index contributed by atoms with van der Waals surface area (Å²) >= 11 is 6.52. The van der Waals surface area contributed by atoms with Crippen molar-refractivity contribution in [3.63, 3.8) is 0 Å². The fourth-order valence-electron chi connectivity index (χ4n) is 4.01. The predicted octanol–water partition coefficient (Wildman–Crippen LogP) is 4.64. The van der Waals surface area contributed by atoms with Gasteiger partial charge in [0.25, 0.3) is 0 Å². The summed E-state index contributed by atoms with van der Waals surface area (Å²) in [4.78, 5) is 22.2. The van der Waals surface area contributed by atoms with Crippen LogP contribution in [0, 0.1) is 0 Å². The monoisotopic (exact) mass is 507 g/mol. The van der Waals surface area contributed by atoms with E-state index < -0.39 is 6.10 Å². The van der Waals surface area contributed by atoms with Gasteiger partial charge in [0.2, 0.25) is 5.82 Å². The van der Waals surface area contributed by atoms with Crippen LogP contribution in [0.5, 0.6) is 0 Å². The van der Waals surface area contributed by atoms with Crippen molar-refractivity contribution in [1.82, 2.24) is 35.5 Å². The lowest BCUT2D eigenvalue weighted by Gasteiger charge is -2.19. The van der Waals surface area contributed by atoms with Gasteiger partial charge in [-0.25, -0.2) is 4.98 Å². The third-order valence-electron chi connectivity index (χ3n) is 5.72. The number of hydrogen-bond acceptors (Lipinski definition) is 7. The molecular weight excluding hydrogens is 478 g/mol. The Morgan fingerprint density at radius 1 is 1.14 bits per heavy atom. The number of likely N-dealkylation sites (N-methyl/N-ethyl adjacent to an activating group) is 1. The molecule has 0 aliphatic heterocycles. The van der Waals surface area contributed by atoms with E-state index in [1.54, 1.807) is 4.90 Å². The number of imidazole rings is 1. The summed E-state index contributed by atoms with van der Waals surface area (Å²) in [7, 11) is 3.64. The van der Waals surface area contributed by atoms with E-state index in [4.69, 9.17) is 16.3 Å². The first-order valence-electron chi connectivity index (χ1n) is 11.9. The van der Waals surface area contributed by atoms with Crippen molar-refractivity contribution in [3.05, 3.63) is 70.8 Å². The van der Waals surface area contributed by atoms with Gasteiger partial charge in [0, 0.05) is 18.4 Å². The van der Waals surface area contributed by atoms with E-state index in [-0.39, 0.29) is 12.5 Å². The average molecular weight is 508 g/mol. The van der Waals surface area contributed by atoms with Gasteiger partial charge in [0.1, 0.15) is 11.9 Å². The zero-order valence-corrected chi connectivity index (χ0v) is 21.4. The van der Waals surface area contributed by atoms with Crippen molar-refractivity contribution in [1.29, 1.82) is 0 Å². The zero-order chi connectivity index (χ0) is 25.5. The number of esters is 1. The molecule has 1 unspecified atom stereocenters. The molecule has 9 nitrogen and oxygen atoms in total. The summed E-state index contributed by atoms with van der Waals surface area (Å²) < 4.78 is 5.91. The molecule has 10 heteroatoms. The molecule has 2 heterocycles. The number of hydrogen-bond donors (Lipinski definition) is 2. The summed E-state index contributed by atoms with van der Waals surface area (Å²) in [6, 6.07) is 16.1. The number of carbonyl (C=O) groups is 1. The van der Waals surface area contributed by atoms with E-state index in [0.717, 1.165) is 47.3 Å². The van der Waals surface area contributed by atoms with Crippen LogP contribution in [0.3, 0.4) is 0 Å².